The normalized spacial score (nSPS) is 25.1. The van der Waals surface area contributed by atoms with Crippen molar-refractivity contribution in [1.29, 1.82) is 0 Å². The zero-order valence-corrected chi connectivity index (χ0v) is 13.1. The Morgan fingerprint density at radius 3 is 2.86 bits per heavy atom. The van der Waals surface area contributed by atoms with Gasteiger partial charge in [-0.15, -0.1) is 0 Å². The summed E-state index contributed by atoms with van der Waals surface area (Å²) in [7, 11) is -1.83. The van der Waals surface area contributed by atoms with Gasteiger partial charge in [0.15, 0.2) is 0 Å². The average Bonchev–Trinajstić information content (AvgIpc) is 2.45. The van der Waals surface area contributed by atoms with Gasteiger partial charge in [0.25, 0.3) is 0 Å². The van der Waals surface area contributed by atoms with Crippen LogP contribution in [-0.2, 0) is 16.4 Å². The second-order valence-corrected chi connectivity index (χ2v) is 8.17. The number of aliphatic hydroxyl groups excluding tert-OH is 1. The molecule has 0 unspecified atom stereocenters. The highest BCUT2D eigenvalue weighted by molar-refractivity contribution is 7.89. The maximum atomic E-state index is 12.6. The van der Waals surface area contributed by atoms with Crippen LogP contribution >= 0.6 is 0 Å². The molecule has 1 heterocycles. The first-order valence-corrected chi connectivity index (χ1v) is 8.92. The van der Waals surface area contributed by atoms with Crippen molar-refractivity contribution in [3.05, 3.63) is 23.8 Å². The molecule has 1 aromatic rings. The van der Waals surface area contributed by atoms with E-state index in [-0.39, 0.29) is 12.0 Å². The van der Waals surface area contributed by atoms with Crippen LogP contribution < -0.4 is 5.32 Å². The summed E-state index contributed by atoms with van der Waals surface area (Å²) in [5.41, 5.74) is 2.12. The van der Waals surface area contributed by atoms with E-state index in [1.54, 1.807) is 19.2 Å². The third-order valence-electron chi connectivity index (χ3n) is 4.45. The van der Waals surface area contributed by atoms with E-state index in [1.807, 2.05) is 6.07 Å². The first kappa shape index (κ1) is 14.8. The van der Waals surface area contributed by atoms with Crippen molar-refractivity contribution in [3.8, 4) is 0 Å². The Kier molecular flexibility index (Phi) is 3.94. The molecule has 0 radical (unpaired) electrons. The van der Waals surface area contributed by atoms with Crippen molar-refractivity contribution >= 4 is 15.7 Å². The van der Waals surface area contributed by atoms with E-state index in [2.05, 4.69) is 5.32 Å². The molecule has 21 heavy (non-hydrogen) atoms. The Bertz CT molecular complexity index is 624. The smallest absolute Gasteiger partial charge is 0.242 e. The number of nitrogens with zero attached hydrogens (tertiary/aromatic N) is 1. The van der Waals surface area contributed by atoms with Crippen LogP contribution in [0.1, 0.15) is 24.8 Å². The number of rotatable bonds is 4. The zero-order valence-electron chi connectivity index (χ0n) is 12.2. The van der Waals surface area contributed by atoms with E-state index in [9.17, 15) is 13.5 Å². The summed E-state index contributed by atoms with van der Waals surface area (Å²) >= 11 is 0. The van der Waals surface area contributed by atoms with E-state index in [4.69, 9.17) is 0 Å². The second kappa shape index (κ2) is 5.59. The van der Waals surface area contributed by atoms with Crippen LogP contribution in [0.15, 0.2) is 23.1 Å². The average molecular weight is 310 g/mol. The van der Waals surface area contributed by atoms with Crippen LogP contribution in [0.4, 0.5) is 5.69 Å². The van der Waals surface area contributed by atoms with E-state index < -0.39 is 10.0 Å². The number of nitrogens with one attached hydrogen (secondary N) is 1. The summed E-state index contributed by atoms with van der Waals surface area (Å²) in [6.07, 6.45) is 3.23. The van der Waals surface area contributed by atoms with Crippen LogP contribution in [-0.4, -0.2) is 44.1 Å². The molecule has 0 spiro atoms. The predicted octanol–water partition coefficient (Wildman–Crippen LogP) is 1.44. The molecule has 5 nitrogen and oxygen atoms in total. The molecule has 1 saturated carbocycles. The van der Waals surface area contributed by atoms with Gasteiger partial charge >= 0.3 is 0 Å². The van der Waals surface area contributed by atoms with Gasteiger partial charge in [-0.1, -0.05) is 6.07 Å². The molecule has 0 aromatic heterocycles. The van der Waals surface area contributed by atoms with Gasteiger partial charge in [0, 0.05) is 25.8 Å². The number of benzene rings is 1. The number of fused-ring (bicyclic) bond motifs is 1. The largest absolute Gasteiger partial charge is 0.393 e. The van der Waals surface area contributed by atoms with E-state index >= 15 is 0 Å². The Labute approximate surface area is 126 Å². The first-order chi connectivity index (χ1) is 9.96. The highest BCUT2D eigenvalue weighted by atomic mass is 32.2. The molecule has 2 N–H and O–H groups in total. The molecule has 1 aliphatic heterocycles. The van der Waals surface area contributed by atoms with Crippen molar-refractivity contribution in [1.82, 2.24) is 4.31 Å². The lowest BCUT2D eigenvalue weighted by atomic mass is 9.82. The topological polar surface area (TPSA) is 69.6 Å². The van der Waals surface area contributed by atoms with E-state index in [0.717, 1.165) is 25.1 Å². The molecule has 1 aliphatic carbocycles. The Balaban J connectivity index is 1.77. The van der Waals surface area contributed by atoms with E-state index in [0.29, 0.717) is 24.3 Å². The quantitative estimate of drug-likeness (QED) is 0.883. The summed E-state index contributed by atoms with van der Waals surface area (Å²) < 4.78 is 26.6. The van der Waals surface area contributed by atoms with Crippen molar-refractivity contribution in [2.75, 3.05) is 25.5 Å². The van der Waals surface area contributed by atoms with Crippen molar-refractivity contribution < 1.29 is 13.5 Å². The Morgan fingerprint density at radius 2 is 2.14 bits per heavy atom. The number of aryl methyl sites for hydroxylation is 1. The summed E-state index contributed by atoms with van der Waals surface area (Å²) in [4.78, 5) is 0.345. The number of sulfonamides is 1. The van der Waals surface area contributed by atoms with Crippen LogP contribution in [0.25, 0.3) is 0 Å². The molecule has 0 bridgehead atoms. The van der Waals surface area contributed by atoms with E-state index in [1.165, 1.54) is 9.87 Å². The maximum absolute atomic E-state index is 12.6. The minimum absolute atomic E-state index is 0.251. The summed E-state index contributed by atoms with van der Waals surface area (Å²) in [6.45, 7) is 1.37. The van der Waals surface area contributed by atoms with Gasteiger partial charge in [-0.2, -0.15) is 0 Å². The number of anilines is 1. The SMILES string of the molecule is CN(CC1CC(O)C1)S(=O)(=O)c1ccc2c(c1)NCCC2. The summed E-state index contributed by atoms with van der Waals surface area (Å²) in [6, 6.07) is 5.36. The van der Waals surface area contributed by atoms with Gasteiger partial charge in [0.05, 0.1) is 11.0 Å². The Morgan fingerprint density at radius 1 is 1.38 bits per heavy atom. The standard InChI is InChI=1S/C15H22N2O3S/c1-17(10-11-7-13(18)8-11)21(19,20)14-5-4-12-3-2-6-16-15(12)9-14/h4-5,9,11,13,16,18H,2-3,6-8,10H2,1H3. The van der Waals surface area contributed by atoms with Crippen LogP contribution in [0.3, 0.4) is 0 Å². The number of hydrogen-bond donors (Lipinski definition) is 2. The van der Waals surface area contributed by atoms with Crippen LogP contribution in [0.5, 0.6) is 0 Å². The molecule has 0 atom stereocenters. The van der Waals surface area contributed by atoms with Gasteiger partial charge in [-0.25, -0.2) is 12.7 Å². The number of hydrogen-bond acceptors (Lipinski definition) is 4. The summed E-state index contributed by atoms with van der Waals surface area (Å²) in [5, 5.41) is 12.6. The molecule has 1 aromatic carbocycles. The number of aliphatic hydroxyl groups is 1. The Hall–Kier alpha value is -1.11. The molecule has 0 amide bonds. The molecule has 116 valence electrons. The van der Waals surface area contributed by atoms with Gasteiger partial charge in [0.2, 0.25) is 10.0 Å². The molecule has 2 aliphatic rings. The molecule has 0 saturated heterocycles. The first-order valence-electron chi connectivity index (χ1n) is 7.48. The fraction of sp³-hybridized carbons (Fsp3) is 0.600. The highest BCUT2D eigenvalue weighted by Crippen LogP contribution is 2.30. The van der Waals surface area contributed by atoms with Crippen molar-refractivity contribution in [2.24, 2.45) is 5.92 Å². The lowest BCUT2D eigenvalue weighted by Gasteiger charge is -2.34. The second-order valence-electron chi connectivity index (χ2n) is 6.13. The minimum atomic E-state index is -3.45. The molecular weight excluding hydrogens is 288 g/mol. The van der Waals surface area contributed by atoms with Crippen LogP contribution in [0, 0.1) is 5.92 Å². The minimum Gasteiger partial charge on any atom is -0.393 e. The van der Waals surface area contributed by atoms with Gasteiger partial charge < -0.3 is 10.4 Å². The zero-order chi connectivity index (χ0) is 15.0. The monoisotopic (exact) mass is 310 g/mol. The molecule has 6 heteroatoms. The predicted molar refractivity (Wildman–Crippen MR) is 81.8 cm³/mol. The lowest BCUT2D eigenvalue weighted by Crippen LogP contribution is -2.39. The molecular formula is C15H22N2O3S. The van der Waals surface area contributed by atoms with Crippen LogP contribution in [0.2, 0.25) is 0 Å². The molecule has 3 rings (SSSR count). The maximum Gasteiger partial charge on any atom is 0.242 e. The third kappa shape index (κ3) is 2.93. The van der Waals surface area contributed by atoms with Gasteiger partial charge in [-0.05, 0) is 49.3 Å². The van der Waals surface area contributed by atoms with Gasteiger partial charge in [0.1, 0.15) is 0 Å². The fourth-order valence-electron chi connectivity index (χ4n) is 3.09. The summed E-state index contributed by atoms with van der Waals surface area (Å²) in [5.74, 6) is 0.274. The third-order valence-corrected chi connectivity index (χ3v) is 6.27. The molecule has 1 fully saturated rings. The lowest BCUT2D eigenvalue weighted by molar-refractivity contribution is 0.0367. The van der Waals surface area contributed by atoms with Crippen molar-refractivity contribution in [2.45, 2.75) is 36.7 Å². The van der Waals surface area contributed by atoms with Crippen molar-refractivity contribution in [3.63, 3.8) is 0 Å². The van der Waals surface area contributed by atoms with Gasteiger partial charge in [-0.3, -0.25) is 0 Å². The highest BCUT2D eigenvalue weighted by Gasteiger charge is 2.32. The fourth-order valence-corrected chi connectivity index (χ4v) is 4.37.